The molecule has 4 rings (SSSR count). The normalized spacial score (nSPS) is 16.1. The number of amides is 4. The molecule has 4 amide bonds. The highest BCUT2D eigenvalue weighted by Crippen LogP contribution is 2.22. The summed E-state index contributed by atoms with van der Waals surface area (Å²) < 4.78 is 0. The lowest BCUT2D eigenvalue weighted by atomic mass is 9.99. The van der Waals surface area contributed by atoms with Crippen LogP contribution < -0.4 is 21.3 Å². The summed E-state index contributed by atoms with van der Waals surface area (Å²) in [7, 11) is 0. The summed E-state index contributed by atoms with van der Waals surface area (Å²) in [5.74, 6) is 0. The molecule has 2 aromatic rings. The highest BCUT2D eigenvalue weighted by molar-refractivity contribution is 5.75. The number of hydrogen-bond donors (Lipinski definition) is 4. The Morgan fingerprint density at radius 3 is 1.72 bits per heavy atom. The predicted molar refractivity (Wildman–Crippen MR) is 144 cm³/mol. The lowest BCUT2D eigenvalue weighted by Gasteiger charge is -2.27. The Hall–Kier alpha value is -3.10. The third-order valence-electron chi connectivity index (χ3n) is 6.72. The van der Waals surface area contributed by atoms with Crippen LogP contribution in [-0.2, 0) is 13.1 Å². The molecule has 0 atom stereocenters. The van der Waals surface area contributed by atoms with E-state index in [9.17, 15) is 9.59 Å². The zero-order chi connectivity index (χ0) is 25.0. The third kappa shape index (κ3) is 7.96. The molecule has 0 saturated carbocycles. The number of carbonyl (C=O) groups is 2. The van der Waals surface area contributed by atoms with Crippen molar-refractivity contribution < 1.29 is 9.59 Å². The van der Waals surface area contributed by atoms with Crippen LogP contribution in [0.15, 0.2) is 48.5 Å². The maximum absolute atomic E-state index is 11.9. The zero-order valence-corrected chi connectivity index (χ0v) is 21.2. The van der Waals surface area contributed by atoms with Gasteiger partial charge in [-0.05, 0) is 73.2 Å². The van der Waals surface area contributed by atoms with Crippen molar-refractivity contribution >= 4 is 12.1 Å². The molecule has 0 bridgehead atoms. The van der Waals surface area contributed by atoms with Crippen LogP contribution in [0, 0.1) is 0 Å². The van der Waals surface area contributed by atoms with Crippen molar-refractivity contribution in [2.24, 2.45) is 0 Å². The van der Waals surface area contributed by atoms with Crippen molar-refractivity contribution in [1.29, 1.82) is 0 Å². The SMILES string of the molecule is O=C1NCCCN1CCCNCc1cc(CNCCCN2CCCNC2=O)cc(-c2ccccc2)c1. The second-order valence-electron chi connectivity index (χ2n) is 9.61. The van der Waals surface area contributed by atoms with Crippen molar-refractivity contribution in [3.63, 3.8) is 0 Å². The van der Waals surface area contributed by atoms with Gasteiger partial charge < -0.3 is 31.1 Å². The first-order valence-electron chi connectivity index (χ1n) is 13.3. The van der Waals surface area contributed by atoms with Crippen molar-refractivity contribution in [1.82, 2.24) is 31.1 Å². The molecule has 0 aromatic heterocycles. The summed E-state index contributed by atoms with van der Waals surface area (Å²) in [6, 6.07) is 17.4. The van der Waals surface area contributed by atoms with Gasteiger partial charge in [0.05, 0.1) is 0 Å². The van der Waals surface area contributed by atoms with Crippen LogP contribution in [0.3, 0.4) is 0 Å². The first-order chi connectivity index (χ1) is 17.7. The smallest absolute Gasteiger partial charge is 0.317 e. The summed E-state index contributed by atoms with van der Waals surface area (Å²) in [5, 5.41) is 12.9. The van der Waals surface area contributed by atoms with Crippen molar-refractivity contribution in [3.8, 4) is 11.1 Å². The van der Waals surface area contributed by atoms with Crippen LogP contribution >= 0.6 is 0 Å². The molecule has 0 unspecified atom stereocenters. The Bertz CT molecular complexity index is 927. The number of rotatable bonds is 13. The molecule has 2 aliphatic rings. The first kappa shape index (κ1) is 26.0. The second-order valence-corrected chi connectivity index (χ2v) is 9.61. The number of nitrogens with zero attached hydrogens (tertiary/aromatic N) is 2. The minimum atomic E-state index is 0.0631. The molecule has 194 valence electrons. The van der Waals surface area contributed by atoms with E-state index in [-0.39, 0.29) is 12.1 Å². The Morgan fingerprint density at radius 2 is 1.22 bits per heavy atom. The molecule has 4 N–H and O–H groups in total. The largest absolute Gasteiger partial charge is 0.338 e. The van der Waals surface area contributed by atoms with Gasteiger partial charge in [0.2, 0.25) is 0 Å². The number of benzene rings is 2. The van der Waals surface area contributed by atoms with Gasteiger partial charge in [-0.2, -0.15) is 0 Å². The van der Waals surface area contributed by atoms with Gasteiger partial charge in [-0.25, -0.2) is 9.59 Å². The van der Waals surface area contributed by atoms with E-state index in [1.807, 2.05) is 15.9 Å². The monoisotopic (exact) mass is 492 g/mol. The Balaban J connectivity index is 1.26. The molecule has 36 heavy (non-hydrogen) atoms. The quantitative estimate of drug-likeness (QED) is 0.324. The maximum Gasteiger partial charge on any atom is 0.317 e. The van der Waals surface area contributed by atoms with E-state index in [4.69, 9.17) is 0 Å². The summed E-state index contributed by atoms with van der Waals surface area (Å²) in [5.41, 5.74) is 4.96. The van der Waals surface area contributed by atoms with Gasteiger partial charge in [0.15, 0.2) is 0 Å². The van der Waals surface area contributed by atoms with Crippen LogP contribution in [-0.4, -0.2) is 74.2 Å². The van der Waals surface area contributed by atoms with E-state index in [1.54, 1.807) is 0 Å². The summed E-state index contributed by atoms with van der Waals surface area (Å²) in [6.07, 6.45) is 3.93. The lowest BCUT2D eigenvalue weighted by molar-refractivity contribution is 0.184. The highest BCUT2D eigenvalue weighted by atomic mass is 16.2. The number of carbonyl (C=O) groups excluding carboxylic acids is 2. The molecule has 0 aliphatic carbocycles. The average molecular weight is 493 g/mol. The van der Waals surface area contributed by atoms with E-state index in [0.717, 1.165) is 91.1 Å². The molecule has 8 nitrogen and oxygen atoms in total. The minimum absolute atomic E-state index is 0.0631. The van der Waals surface area contributed by atoms with Gasteiger partial charge in [-0.1, -0.05) is 36.4 Å². The minimum Gasteiger partial charge on any atom is -0.338 e. The topological polar surface area (TPSA) is 88.7 Å². The molecule has 8 heteroatoms. The van der Waals surface area contributed by atoms with Crippen LogP contribution in [0.4, 0.5) is 9.59 Å². The zero-order valence-electron chi connectivity index (χ0n) is 21.2. The van der Waals surface area contributed by atoms with E-state index in [0.29, 0.717) is 0 Å². The highest BCUT2D eigenvalue weighted by Gasteiger charge is 2.17. The van der Waals surface area contributed by atoms with E-state index in [1.165, 1.54) is 22.3 Å². The second kappa shape index (κ2) is 13.8. The fourth-order valence-electron chi connectivity index (χ4n) is 4.80. The summed E-state index contributed by atoms with van der Waals surface area (Å²) >= 11 is 0. The van der Waals surface area contributed by atoms with E-state index < -0.39 is 0 Å². The Kier molecular flexibility index (Phi) is 9.99. The maximum atomic E-state index is 11.9. The van der Waals surface area contributed by atoms with Crippen molar-refractivity contribution in [2.45, 2.75) is 38.8 Å². The van der Waals surface area contributed by atoms with E-state index in [2.05, 4.69) is 63.7 Å². The van der Waals surface area contributed by atoms with Gasteiger partial charge in [-0.3, -0.25) is 0 Å². The third-order valence-corrected chi connectivity index (χ3v) is 6.72. The molecular formula is C28H40N6O2. The number of hydrogen-bond acceptors (Lipinski definition) is 4. The molecule has 2 fully saturated rings. The molecule has 2 saturated heterocycles. The molecular weight excluding hydrogens is 452 g/mol. The molecule has 2 aliphatic heterocycles. The van der Waals surface area contributed by atoms with Gasteiger partial charge >= 0.3 is 12.1 Å². The number of nitrogens with one attached hydrogen (secondary N) is 4. The van der Waals surface area contributed by atoms with Crippen molar-refractivity contribution in [3.05, 3.63) is 59.7 Å². The Morgan fingerprint density at radius 1 is 0.694 bits per heavy atom. The van der Waals surface area contributed by atoms with Crippen molar-refractivity contribution in [2.75, 3.05) is 52.4 Å². The van der Waals surface area contributed by atoms with Gasteiger partial charge in [0.1, 0.15) is 0 Å². The average Bonchev–Trinajstić information content (AvgIpc) is 2.91. The standard InChI is InChI=1S/C28H40N6O2/c35-27-31-12-6-16-33(27)14-4-10-29-21-23-18-24(20-26(19-23)25-8-2-1-3-9-25)22-30-11-5-15-34-17-7-13-32-28(34)36/h1-3,8-9,18-20,29-30H,4-7,10-17,21-22H2,(H,31,35)(H,32,36). The Labute approximate surface area is 214 Å². The first-order valence-corrected chi connectivity index (χ1v) is 13.3. The van der Waals surface area contributed by atoms with E-state index >= 15 is 0 Å². The van der Waals surface area contributed by atoms with Crippen LogP contribution in [0.25, 0.3) is 11.1 Å². The molecule has 2 aromatic carbocycles. The van der Waals surface area contributed by atoms with Gasteiger partial charge in [0, 0.05) is 52.4 Å². The van der Waals surface area contributed by atoms with Gasteiger partial charge in [0.25, 0.3) is 0 Å². The fourth-order valence-corrected chi connectivity index (χ4v) is 4.80. The lowest BCUT2D eigenvalue weighted by Crippen LogP contribution is -2.47. The van der Waals surface area contributed by atoms with Crippen LogP contribution in [0.2, 0.25) is 0 Å². The summed E-state index contributed by atoms with van der Waals surface area (Å²) in [4.78, 5) is 27.6. The summed E-state index contributed by atoms with van der Waals surface area (Å²) in [6.45, 7) is 8.20. The van der Waals surface area contributed by atoms with Crippen LogP contribution in [0.5, 0.6) is 0 Å². The predicted octanol–water partition coefficient (Wildman–Crippen LogP) is 3.14. The fraction of sp³-hybridized carbons (Fsp3) is 0.500. The molecule has 0 spiro atoms. The molecule has 2 heterocycles. The van der Waals surface area contributed by atoms with Crippen LogP contribution in [0.1, 0.15) is 36.8 Å². The molecule has 0 radical (unpaired) electrons. The number of urea groups is 2. The van der Waals surface area contributed by atoms with Gasteiger partial charge in [-0.15, -0.1) is 0 Å².